The Hall–Kier alpha value is -1.59. The molecule has 1 aromatic carbocycles. The third kappa shape index (κ3) is 2.95. The van der Waals surface area contributed by atoms with Gasteiger partial charge in [-0.3, -0.25) is 0 Å². The Kier molecular flexibility index (Phi) is 3.95. The number of hydrogen-bond donors (Lipinski definition) is 1. The van der Waals surface area contributed by atoms with Crippen LogP contribution in [0.5, 0.6) is 11.5 Å². The quantitative estimate of drug-likeness (QED) is 0.883. The van der Waals surface area contributed by atoms with Crippen molar-refractivity contribution in [3.63, 3.8) is 0 Å². The molecule has 5 heteroatoms. The lowest BCUT2D eigenvalue weighted by atomic mass is 10.2. The number of ether oxygens (including phenoxy) is 2. The third-order valence-corrected chi connectivity index (χ3v) is 2.96. The molecule has 0 saturated carbocycles. The van der Waals surface area contributed by atoms with Crippen LogP contribution in [0.25, 0.3) is 0 Å². The van der Waals surface area contributed by atoms with Crippen LogP contribution in [-0.2, 0) is 13.2 Å². The Morgan fingerprint density at radius 3 is 2.88 bits per heavy atom. The van der Waals surface area contributed by atoms with Gasteiger partial charge in [0.05, 0.1) is 18.3 Å². The predicted octanol–water partition coefficient (Wildman–Crippen LogP) is 2.19. The summed E-state index contributed by atoms with van der Waals surface area (Å²) in [6, 6.07) is 5.68. The SMILES string of the molecule is COc1cc(CN)ccc1OCc1cscn1. The van der Waals surface area contributed by atoms with Gasteiger partial charge in [0.25, 0.3) is 0 Å². The standard InChI is InChI=1S/C12H14N2O2S/c1-15-12-4-9(5-13)2-3-11(12)16-6-10-7-17-8-14-10/h2-4,7-8H,5-6,13H2,1H3. The van der Waals surface area contributed by atoms with Gasteiger partial charge in [0.1, 0.15) is 6.61 Å². The molecular formula is C12H14N2O2S. The lowest BCUT2D eigenvalue weighted by Crippen LogP contribution is -2.00. The van der Waals surface area contributed by atoms with E-state index in [0.717, 1.165) is 11.3 Å². The van der Waals surface area contributed by atoms with Crippen LogP contribution in [0.3, 0.4) is 0 Å². The molecule has 90 valence electrons. The third-order valence-electron chi connectivity index (χ3n) is 2.32. The number of hydrogen-bond acceptors (Lipinski definition) is 5. The highest BCUT2D eigenvalue weighted by Crippen LogP contribution is 2.28. The van der Waals surface area contributed by atoms with Crippen molar-refractivity contribution in [1.29, 1.82) is 0 Å². The average molecular weight is 250 g/mol. The summed E-state index contributed by atoms with van der Waals surface area (Å²) < 4.78 is 10.9. The number of rotatable bonds is 5. The second-order valence-electron chi connectivity index (χ2n) is 3.46. The number of nitrogens with two attached hydrogens (primary N) is 1. The van der Waals surface area contributed by atoms with Crippen LogP contribution in [0.2, 0.25) is 0 Å². The van der Waals surface area contributed by atoms with E-state index in [1.807, 2.05) is 23.6 Å². The minimum Gasteiger partial charge on any atom is -0.493 e. The summed E-state index contributed by atoms with van der Waals surface area (Å²) in [7, 11) is 1.62. The normalized spacial score (nSPS) is 10.2. The largest absolute Gasteiger partial charge is 0.493 e. The molecule has 17 heavy (non-hydrogen) atoms. The summed E-state index contributed by atoms with van der Waals surface area (Å²) in [5, 5.41) is 1.96. The lowest BCUT2D eigenvalue weighted by Gasteiger charge is -2.10. The Morgan fingerprint density at radius 2 is 2.24 bits per heavy atom. The van der Waals surface area contributed by atoms with Gasteiger partial charge in [0.15, 0.2) is 11.5 Å². The molecule has 0 fully saturated rings. The van der Waals surface area contributed by atoms with E-state index in [2.05, 4.69) is 4.98 Å². The molecule has 0 atom stereocenters. The zero-order valence-corrected chi connectivity index (χ0v) is 10.4. The summed E-state index contributed by atoms with van der Waals surface area (Å²) in [4.78, 5) is 4.15. The minimum absolute atomic E-state index is 0.446. The maximum absolute atomic E-state index is 5.65. The van der Waals surface area contributed by atoms with Crippen LogP contribution in [0.4, 0.5) is 0 Å². The molecule has 0 aliphatic rings. The lowest BCUT2D eigenvalue weighted by molar-refractivity contribution is 0.281. The first-order valence-electron chi connectivity index (χ1n) is 5.20. The molecule has 2 aromatic rings. The minimum atomic E-state index is 0.446. The van der Waals surface area contributed by atoms with E-state index >= 15 is 0 Å². The van der Waals surface area contributed by atoms with Crippen molar-refractivity contribution >= 4 is 11.3 Å². The molecule has 1 heterocycles. The summed E-state index contributed by atoms with van der Waals surface area (Å²) in [5.74, 6) is 1.40. The second-order valence-corrected chi connectivity index (χ2v) is 4.18. The first-order valence-corrected chi connectivity index (χ1v) is 6.14. The zero-order chi connectivity index (χ0) is 12.1. The monoisotopic (exact) mass is 250 g/mol. The molecule has 0 unspecified atom stereocenters. The number of thiazole rings is 1. The van der Waals surface area contributed by atoms with Crippen LogP contribution >= 0.6 is 11.3 Å². The number of benzene rings is 1. The average Bonchev–Trinajstić information content (AvgIpc) is 2.89. The van der Waals surface area contributed by atoms with Crippen molar-refractivity contribution < 1.29 is 9.47 Å². The predicted molar refractivity (Wildman–Crippen MR) is 67.3 cm³/mol. The molecule has 0 radical (unpaired) electrons. The van der Waals surface area contributed by atoms with E-state index in [9.17, 15) is 0 Å². The highest BCUT2D eigenvalue weighted by Gasteiger charge is 2.06. The molecule has 0 spiro atoms. The van der Waals surface area contributed by atoms with Gasteiger partial charge in [-0.2, -0.15) is 0 Å². The van der Waals surface area contributed by atoms with E-state index in [0.29, 0.717) is 24.7 Å². The summed E-state index contributed by atoms with van der Waals surface area (Å²) in [6.45, 7) is 0.935. The Bertz CT molecular complexity index is 471. The van der Waals surface area contributed by atoms with E-state index < -0.39 is 0 Å². The van der Waals surface area contributed by atoms with Crippen molar-refractivity contribution in [2.24, 2.45) is 5.73 Å². The van der Waals surface area contributed by atoms with Gasteiger partial charge < -0.3 is 15.2 Å². The van der Waals surface area contributed by atoms with Crippen LogP contribution < -0.4 is 15.2 Å². The molecule has 4 nitrogen and oxygen atoms in total. The fourth-order valence-electron chi connectivity index (χ4n) is 1.42. The Morgan fingerprint density at radius 1 is 1.35 bits per heavy atom. The molecule has 0 bridgehead atoms. The molecular weight excluding hydrogens is 236 g/mol. The maximum Gasteiger partial charge on any atom is 0.161 e. The van der Waals surface area contributed by atoms with Crippen LogP contribution in [0.15, 0.2) is 29.1 Å². The maximum atomic E-state index is 5.65. The van der Waals surface area contributed by atoms with Gasteiger partial charge in [0.2, 0.25) is 0 Å². The smallest absolute Gasteiger partial charge is 0.161 e. The molecule has 0 saturated heterocycles. The topological polar surface area (TPSA) is 57.4 Å². The van der Waals surface area contributed by atoms with Crippen molar-refractivity contribution in [2.45, 2.75) is 13.2 Å². The van der Waals surface area contributed by atoms with Gasteiger partial charge in [-0.15, -0.1) is 11.3 Å². The van der Waals surface area contributed by atoms with Gasteiger partial charge in [-0.05, 0) is 17.7 Å². The summed E-state index contributed by atoms with van der Waals surface area (Å²) in [5.41, 5.74) is 9.29. The van der Waals surface area contributed by atoms with Crippen LogP contribution in [-0.4, -0.2) is 12.1 Å². The fraction of sp³-hybridized carbons (Fsp3) is 0.250. The summed E-state index contributed by atoms with van der Waals surface area (Å²) in [6.07, 6.45) is 0. The highest BCUT2D eigenvalue weighted by molar-refractivity contribution is 7.07. The first kappa shape index (κ1) is 11.9. The van der Waals surface area contributed by atoms with Gasteiger partial charge in [-0.1, -0.05) is 6.07 Å². The molecule has 1 aromatic heterocycles. The number of aromatic nitrogens is 1. The van der Waals surface area contributed by atoms with E-state index in [1.54, 1.807) is 24.0 Å². The van der Waals surface area contributed by atoms with Crippen molar-refractivity contribution in [3.8, 4) is 11.5 Å². The van der Waals surface area contributed by atoms with Gasteiger partial charge >= 0.3 is 0 Å². The molecule has 0 amide bonds. The van der Waals surface area contributed by atoms with Crippen molar-refractivity contribution in [2.75, 3.05) is 7.11 Å². The van der Waals surface area contributed by atoms with Gasteiger partial charge in [-0.25, -0.2) is 4.98 Å². The molecule has 2 rings (SSSR count). The number of methoxy groups -OCH3 is 1. The molecule has 2 N–H and O–H groups in total. The Balaban J connectivity index is 2.09. The van der Waals surface area contributed by atoms with Crippen molar-refractivity contribution in [1.82, 2.24) is 4.98 Å². The zero-order valence-electron chi connectivity index (χ0n) is 9.55. The van der Waals surface area contributed by atoms with E-state index in [1.165, 1.54) is 0 Å². The second kappa shape index (κ2) is 5.65. The van der Waals surface area contributed by atoms with E-state index in [-0.39, 0.29) is 0 Å². The number of nitrogens with zero attached hydrogens (tertiary/aromatic N) is 1. The van der Waals surface area contributed by atoms with Crippen LogP contribution in [0, 0.1) is 0 Å². The van der Waals surface area contributed by atoms with E-state index in [4.69, 9.17) is 15.2 Å². The van der Waals surface area contributed by atoms with Crippen molar-refractivity contribution in [3.05, 3.63) is 40.3 Å². The van der Waals surface area contributed by atoms with Crippen LogP contribution in [0.1, 0.15) is 11.3 Å². The van der Waals surface area contributed by atoms with Gasteiger partial charge in [0, 0.05) is 11.9 Å². The summed E-state index contributed by atoms with van der Waals surface area (Å²) >= 11 is 1.55. The highest BCUT2D eigenvalue weighted by atomic mass is 32.1. The molecule has 0 aliphatic carbocycles. The fourth-order valence-corrected chi connectivity index (χ4v) is 1.96. The molecule has 0 aliphatic heterocycles. The Labute approximate surface area is 104 Å². The first-order chi connectivity index (χ1) is 8.33.